The van der Waals surface area contributed by atoms with Crippen LogP contribution >= 0.6 is 0 Å². The monoisotopic (exact) mass is 585 g/mol. The summed E-state index contributed by atoms with van der Waals surface area (Å²) in [5, 5.41) is 0. The molecule has 222 valence electrons. The van der Waals surface area contributed by atoms with Crippen molar-refractivity contribution in [1.29, 1.82) is 0 Å². The molecular formula is C26H28F9N3O2. The summed E-state index contributed by atoms with van der Waals surface area (Å²) in [6.45, 7) is 4.41. The molecule has 0 saturated carbocycles. The number of hydrogen-bond acceptors (Lipinski definition) is 5. The number of pyridine rings is 1. The van der Waals surface area contributed by atoms with E-state index in [9.17, 15) is 39.5 Å². The van der Waals surface area contributed by atoms with Crippen molar-refractivity contribution >= 4 is 5.82 Å². The summed E-state index contributed by atoms with van der Waals surface area (Å²) in [7, 11) is 0. The summed E-state index contributed by atoms with van der Waals surface area (Å²) in [5.41, 5.74) is -4.03. The van der Waals surface area contributed by atoms with Crippen LogP contribution in [-0.4, -0.2) is 48.5 Å². The third-order valence-corrected chi connectivity index (χ3v) is 7.21. The molecule has 3 atom stereocenters. The molecule has 2 aliphatic heterocycles. The largest absolute Gasteiger partial charge is 0.417 e. The predicted octanol–water partition coefficient (Wildman–Crippen LogP) is 7.06. The quantitative estimate of drug-likeness (QED) is 0.340. The summed E-state index contributed by atoms with van der Waals surface area (Å²) in [6.07, 6.45) is -13.6. The highest BCUT2D eigenvalue weighted by atomic mass is 19.4. The smallest absolute Gasteiger partial charge is 0.379 e. The Bertz CT molecular complexity index is 1150. The van der Waals surface area contributed by atoms with Crippen molar-refractivity contribution in [2.75, 3.05) is 31.4 Å². The number of nitrogens with zero attached hydrogens (tertiary/aromatic N) is 3. The van der Waals surface area contributed by atoms with Crippen molar-refractivity contribution in [3.05, 3.63) is 58.3 Å². The lowest BCUT2D eigenvalue weighted by Gasteiger charge is -2.36. The van der Waals surface area contributed by atoms with E-state index in [4.69, 9.17) is 9.47 Å². The van der Waals surface area contributed by atoms with Gasteiger partial charge in [0.05, 0.1) is 35.4 Å². The second-order valence-corrected chi connectivity index (χ2v) is 9.90. The molecule has 2 aromatic rings. The van der Waals surface area contributed by atoms with Gasteiger partial charge < -0.3 is 14.4 Å². The van der Waals surface area contributed by atoms with Crippen molar-refractivity contribution < 1.29 is 49.0 Å². The van der Waals surface area contributed by atoms with E-state index < -0.39 is 47.4 Å². The van der Waals surface area contributed by atoms with E-state index in [1.165, 1.54) is 0 Å². The van der Waals surface area contributed by atoms with Gasteiger partial charge in [-0.15, -0.1) is 0 Å². The van der Waals surface area contributed by atoms with E-state index in [0.717, 1.165) is 25.1 Å². The maximum atomic E-state index is 13.6. The summed E-state index contributed by atoms with van der Waals surface area (Å²) in [6, 6.07) is 1.35. The molecule has 14 heteroatoms. The van der Waals surface area contributed by atoms with Gasteiger partial charge in [0.2, 0.25) is 0 Å². The van der Waals surface area contributed by atoms with Gasteiger partial charge in [0.1, 0.15) is 12.5 Å². The number of alkyl halides is 9. The lowest BCUT2D eigenvalue weighted by atomic mass is 9.97. The Morgan fingerprint density at radius 2 is 1.55 bits per heavy atom. The molecule has 0 spiro atoms. The van der Waals surface area contributed by atoms with Crippen LogP contribution in [0.5, 0.6) is 0 Å². The van der Waals surface area contributed by atoms with Gasteiger partial charge in [0.25, 0.3) is 0 Å². The first-order valence-electron chi connectivity index (χ1n) is 12.6. The zero-order chi connectivity index (χ0) is 29.5. The predicted molar refractivity (Wildman–Crippen MR) is 126 cm³/mol. The number of hydrogen-bond donors (Lipinski definition) is 0. The molecule has 1 aromatic heterocycles. The SMILES string of the molecule is CCN(c1ncc(C(F)(F)F)cc1CN1CO[C@H](c2cc(C(F)(F)F)cc(C(F)(F)F)c2)[C@@H]1C)C1CCCOC1. The van der Waals surface area contributed by atoms with Crippen LogP contribution in [0.4, 0.5) is 45.3 Å². The number of aromatic nitrogens is 1. The Morgan fingerprint density at radius 1 is 0.925 bits per heavy atom. The molecule has 2 saturated heterocycles. The van der Waals surface area contributed by atoms with Crippen molar-refractivity contribution in [2.24, 2.45) is 0 Å². The minimum atomic E-state index is -5.03. The molecule has 1 unspecified atom stereocenters. The highest BCUT2D eigenvalue weighted by Gasteiger charge is 2.41. The molecule has 2 aliphatic rings. The van der Waals surface area contributed by atoms with E-state index in [1.54, 1.807) is 11.8 Å². The molecule has 3 heterocycles. The van der Waals surface area contributed by atoms with E-state index in [2.05, 4.69) is 4.98 Å². The molecule has 4 rings (SSSR count). The number of halogens is 9. The average Bonchev–Trinajstić information content (AvgIpc) is 3.23. The van der Waals surface area contributed by atoms with Crippen LogP contribution < -0.4 is 4.90 Å². The van der Waals surface area contributed by atoms with Gasteiger partial charge in [-0.2, -0.15) is 39.5 Å². The van der Waals surface area contributed by atoms with E-state index in [0.29, 0.717) is 37.7 Å². The van der Waals surface area contributed by atoms with Crippen LogP contribution in [0.1, 0.15) is 60.6 Å². The second-order valence-electron chi connectivity index (χ2n) is 9.90. The van der Waals surface area contributed by atoms with Crippen LogP contribution in [0.15, 0.2) is 30.5 Å². The van der Waals surface area contributed by atoms with Crippen molar-refractivity contribution in [3.63, 3.8) is 0 Å². The van der Waals surface area contributed by atoms with E-state index >= 15 is 0 Å². The summed E-state index contributed by atoms with van der Waals surface area (Å²) >= 11 is 0. The van der Waals surface area contributed by atoms with Crippen LogP contribution in [0.25, 0.3) is 0 Å². The Hall–Kier alpha value is -2.58. The molecule has 1 aromatic carbocycles. The zero-order valence-electron chi connectivity index (χ0n) is 21.6. The molecule has 2 fully saturated rings. The highest BCUT2D eigenvalue weighted by Crippen LogP contribution is 2.41. The third-order valence-electron chi connectivity index (χ3n) is 7.21. The zero-order valence-corrected chi connectivity index (χ0v) is 21.6. The standard InChI is InChI=1S/C26H28F9N3O2/c1-3-38(21-5-4-6-39-13-21)23-17(9-20(11-36-23)26(33,34)35)12-37-14-40-22(15(37)2)16-7-18(24(27,28)29)10-19(8-16)25(30,31)32/h7-11,15,21-22H,3-6,12-14H2,1-2H3/t15-,21?,22-/m0/s1. The number of benzene rings is 1. The molecule has 0 radical (unpaired) electrons. The van der Waals surface area contributed by atoms with Crippen LogP contribution in [0, 0.1) is 0 Å². The fraction of sp³-hybridized carbons (Fsp3) is 0.577. The van der Waals surface area contributed by atoms with E-state index in [1.807, 2.05) is 11.8 Å². The van der Waals surface area contributed by atoms with Gasteiger partial charge in [-0.25, -0.2) is 4.98 Å². The van der Waals surface area contributed by atoms with Crippen molar-refractivity contribution in [3.8, 4) is 0 Å². The second kappa shape index (κ2) is 11.4. The fourth-order valence-corrected chi connectivity index (χ4v) is 5.13. The maximum absolute atomic E-state index is 13.6. The van der Waals surface area contributed by atoms with Gasteiger partial charge in [0.15, 0.2) is 0 Å². The minimum absolute atomic E-state index is 0.0375. The summed E-state index contributed by atoms with van der Waals surface area (Å²) in [4.78, 5) is 7.56. The Kier molecular flexibility index (Phi) is 8.63. The summed E-state index contributed by atoms with van der Waals surface area (Å²) in [5.74, 6) is 0.306. The van der Waals surface area contributed by atoms with E-state index in [-0.39, 0.29) is 36.5 Å². The maximum Gasteiger partial charge on any atom is 0.417 e. The normalized spacial score (nSPS) is 23.0. The molecule has 0 amide bonds. The topological polar surface area (TPSA) is 37.8 Å². The average molecular weight is 586 g/mol. The molecule has 0 aliphatic carbocycles. The van der Waals surface area contributed by atoms with Crippen LogP contribution in [0.2, 0.25) is 0 Å². The van der Waals surface area contributed by atoms with Crippen LogP contribution in [0.3, 0.4) is 0 Å². The van der Waals surface area contributed by atoms with Gasteiger partial charge in [-0.1, -0.05) is 0 Å². The number of ether oxygens (including phenoxy) is 2. The lowest BCUT2D eigenvalue weighted by Crippen LogP contribution is -2.42. The number of likely N-dealkylation sites (N-methyl/N-ethyl adjacent to an activating group) is 1. The van der Waals surface area contributed by atoms with Gasteiger partial charge in [0, 0.05) is 37.5 Å². The minimum Gasteiger partial charge on any atom is -0.379 e. The van der Waals surface area contributed by atoms with Gasteiger partial charge in [-0.3, -0.25) is 4.90 Å². The Balaban J connectivity index is 1.66. The summed E-state index contributed by atoms with van der Waals surface area (Å²) < 4.78 is 132. The van der Waals surface area contributed by atoms with Crippen molar-refractivity contribution in [1.82, 2.24) is 9.88 Å². The Morgan fingerprint density at radius 3 is 2.08 bits per heavy atom. The fourth-order valence-electron chi connectivity index (χ4n) is 5.13. The molecule has 40 heavy (non-hydrogen) atoms. The van der Waals surface area contributed by atoms with Crippen LogP contribution in [-0.2, 0) is 34.5 Å². The first-order valence-corrected chi connectivity index (χ1v) is 12.6. The Labute approximate surface area is 224 Å². The van der Waals surface area contributed by atoms with Gasteiger partial charge in [-0.05, 0) is 56.5 Å². The first kappa shape index (κ1) is 30.4. The lowest BCUT2D eigenvalue weighted by molar-refractivity contribution is -0.143. The molecule has 0 bridgehead atoms. The molecule has 0 N–H and O–H groups in total. The molecular weight excluding hydrogens is 557 g/mol. The number of anilines is 1. The van der Waals surface area contributed by atoms with Gasteiger partial charge >= 0.3 is 18.5 Å². The molecule has 5 nitrogen and oxygen atoms in total. The third kappa shape index (κ3) is 6.65. The number of rotatable bonds is 6. The highest BCUT2D eigenvalue weighted by molar-refractivity contribution is 5.50. The first-order chi connectivity index (χ1) is 18.6. The van der Waals surface area contributed by atoms with Crippen molar-refractivity contribution in [2.45, 2.75) is 70.0 Å².